The number of allylic oxidation sites excluding steroid dienone is 2. The smallest absolute Gasteiger partial charge is 0.147 e. The van der Waals surface area contributed by atoms with Gasteiger partial charge in [0.15, 0.2) is 0 Å². The van der Waals surface area contributed by atoms with Crippen LogP contribution in [0.15, 0.2) is 72.4 Å². The summed E-state index contributed by atoms with van der Waals surface area (Å²) in [5.41, 5.74) is 6.37. The molecular weight excluding hydrogens is 266 g/mol. The van der Waals surface area contributed by atoms with Crippen molar-refractivity contribution in [3.63, 3.8) is 0 Å². The molecule has 0 unspecified atom stereocenters. The summed E-state index contributed by atoms with van der Waals surface area (Å²) in [6.07, 6.45) is 5.43. The van der Waals surface area contributed by atoms with Crippen molar-refractivity contribution in [3.05, 3.63) is 95.2 Å². The first-order valence-corrected chi connectivity index (χ1v) is 7.71. The molecule has 0 radical (unpaired) electrons. The van der Waals surface area contributed by atoms with Crippen LogP contribution in [-0.4, -0.2) is 11.3 Å². The van der Waals surface area contributed by atoms with Gasteiger partial charge in [0.05, 0.1) is 6.72 Å². The van der Waals surface area contributed by atoms with E-state index in [0.29, 0.717) is 0 Å². The number of rotatable bonds is 3. The number of hydrogen-bond donors (Lipinski definition) is 0. The van der Waals surface area contributed by atoms with Gasteiger partial charge in [0.25, 0.3) is 0 Å². The van der Waals surface area contributed by atoms with Crippen LogP contribution >= 0.6 is 0 Å². The molecule has 1 heterocycles. The van der Waals surface area contributed by atoms with Gasteiger partial charge in [-0.25, -0.2) is 0 Å². The van der Waals surface area contributed by atoms with Crippen LogP contribution in [0.4, 0.5) is 0 Å². The highest BCUT2D eigenvalue weighted by Crippen LogP contribution is 2.34. The highest BCUT2D eigenvalue weighted by molar-refractivity contribution is 5.80. The van der Waals surface area contributed by atoms with Crippen LogP contribution < -0.4 is 0 Å². The fraction of sp³-hybridized carbons (Fsp3) is 0.143. The Bertz CT molecular complexity index is 750. The van der Waals surface area contributed by atoms with E-state index in [1.165, 1.54) is 27.8 Å². The van der Waals surface area contributed by atoms with E-state index in [4.69, 9.17) is 0 Å². The van der Waals surface area contributed by atoms with Crippen molar-refractivity contribution < 1.29 is 4.58 Å². The van der Waals surface area contributed by atoms with Gasteiger partial charge in [0, 0.05) is 0 Å². The summed E-state index contributed by atoms with van der Waals surface area (Å²) in [7, 11) is 0. The molecule has 2 aromatic rings. The summed E-state index contributed by atoms with van der Waals surface area (Å²) < 4.78 is 1.99. The molecule has 0 saturated carbocycles. The maximum atomic E-state index is 4.22. The van der Waals surface area contributed by atoms with Crippen LogP contribution in [0, 0.1) is 13.0 Å². The minimum Gasteiger partial charge on any atom is -0.254 e. The maximum absolute atomic E-state index is 4.22. The first-order valence-electron chi connectivity index (χ1n) is 7.71. The molecule has 1 aliphatic rings. The van der Waals surface area contributed by atoms with Crippen molar-refractivity contribution in [2.24, 2.45) is 0 Å². The molecule has 0 atom stereocenters. The predicted octanol–water partition coefficient (Wildman–Crippen LogP) is 4.98. The van der Waals surface area contributed by atoms with Crippen LogP contribution in [0.1, 0.15) is 30.0 Å². The normalized spacial score (nSPS) is 14.6. The highest BCUT2D eigenvalue weighted by atomic mass is 15.0. The van der Waals surface area contributed by atoms with Gasteiger partial charge in [-0.1, -0.05) is 79.9 Å². The molecular formula is C21H21N. The molecule has 0 spiro atoms. The second-order valence-corrected chi connectivity index (χ2v) is 5.60. The van der Waals surface area contributed by atoms with E-state index in [9.17, 15) is 0 Å². The van der Waals surface area contributed by atoms with Crippen LogP contribution in [0.2, 0.25) is 0 Å². The number of aryl methyl sites for hydroxylation is 1. The van der Waals surface area contributed by atoms with Crippen LogP contribution in [0.5, 0.6) is 0 Å². The Labute approximate surface area is 132 Å². The van der Waals surface area contributed by atoms with E-state index >= 15 is 0 Å². The molecule has 0 aromatic heterocycles. The minimum absolute atomic E-state index is 1.00. The van der Waals surface area contributed by atoms with Gasteiger partial charge >= 0.3 is 0 Å². The maximum Gasteiger partial charge on any atom is 0.147 e. The third-order valence-corrected chi connectivity index (χ3v) is 4.14. The lowest BCUT2D eigenvalue weighted by molar-refractivity contribution is -0.417. The van der Waals surface area contributed by atoms with E-state index in [0.717, 1.165) is 12.5 Å². The van der Waals surface area contributed by atoms with Gasteiger partial charge in [-0.3, -0.25) is 4.58 Å². The Morgan fingerprint density at radius 3 is 2.36 bits per heavy atom. The van der Waals surface area contributed by atoms with Gasteiger partial charge in [0.2, 0.25) is 0 Å². The molecule has 1 nitrogen and oxygen atoms in total. The Balaban J connectivity index is 2.04. The van der Waals surface area contributed by atoms with Crippen molar-refractivity contribution in [2.75, 3.05) is 0 Å². The fourth-order valence-electron chi connectivity index (χ4n) is 2.90. The number of hydrogen-bond acceptors (Lipinski definition) is 0. The molecule has 0 bridgehead atoms. The first kappa shape index (κ1) is 14.4. The zero-order valence-corrected chi connectivity index (χ0v) is 13.2. The van der Waals surface area contributed by atoms with Crippen molar-refractivity contribution in [2.45, 2.75) is 20.3 Å². The highest BCUT2D eigenvalue weighted by Gasteiger charge is 2.22. The molecule has 0 N–H and O–H groups in total. The number of benzene rings is 2. The molecule has 3 rings (SSSR count). The SMILES string of the molecule is C=[N+]1C=C(c2ccccc2)C(CC)=C[C-]1c1ccccc1C. The molecule has 110 valence electrons. The standard InChI is InChI=1S/C21H21N/c1-4-17-14-21(19-13-9-8-10-16(19)2)22(3)15-20(17)18-11-6-5-7-12-18/h5-15H,3-4H2,1-2H3. The fourth-order valence-corrected chi connectivity index (χ4v) is 2.90. The Kier molecular flexibility index (Phi) is 3.97. The summed E-state index contributed by atoms with van der Waals surface area (Å²) in [5, 5.41) is 0. The van der Waals surface area contributed by atoms with Crippen molar-refractivity contribution >= 4 is 12.3 Å². The van der Waals surface area contributed by atoms with Gasteiger partial charge in [-0.15, -0.1) is 6.07 Å². The Hall–Kier alpha value is -2.54. The summed E-state index contributed by atoms with van der Waals surface area (Å²) in [6.45, 7) is 8.57. The summed E-state index contributed by atoms with van der Waals surface area (Å²) >= 11 is 0. The molecule has 2 aromatic carbocycles. The lowest BCUT2D eigenvalue weighted by atomic mass is 9.89. The molecule has 0 aliphatic carbocycles. The predicted molar refractivity (Wildman–Crippen MR) is 93.7 cm³/mol. The number of nitrogens with zero attached hydrogens (tertiary/aromatic N) is 1. The minimum atomic E-state index is 1.00. The largest absolute Gasteiger partial charge is 0.254 e. The second kappa shape index (κ2) is 6.07. The van der Waals surface area contributed by atoms with E-state index in [1.807, 2.05) is 4.58 Å². The monoisotopic (exact) mass is 287 g/mol. The Morgan fingerprint density at radius 1 is 1.00 bits per heavy atom. The lowest BCUT2D eigenvalue weighted by Gasteiger charge is -2.25. The molecule has 0 amide bonds. The quantitative estimate of drug-likeness (QED) is 0.553. The van der Waals surface area contributed by atoms with Crippen molar-refractivity contribution in [3.8, 4) is 0 Å². The second-order valence-electron chi connectivity index (χ2n) is 5.60. The van der Waals surface area contributed by atoms with E-state index in [-0.39, 0.29) is 0 Å². The zero-order chi connectivity index (χ0) is 15.5. The van der Waals surface area contributed by atoms with E-state index < -0.39 is 0 Å². The van der Waals surface area contributed by atoms with Gasteiger partial charge in [0.1, 0.15) is 12.2 Å². The molecule has 0 saturated heterocycles. The third kappa shape index (κ3) is 2.62. The van der Waals surface area contributed by atoms with Gasteiger partial charge in [-0.05, 0) is 22.8 Å². The van der Waals surface area contributed by atoms with Crippen LogP contribution in [0.25, 0.3) is 5.57 Å². The average Bonchev–Trinajstić information content (AvgIpc) is 2.56. The first-order chi connectivity index (χ1) is 10.7. The lowest BCUT2D eigenvalue weighted by Crippen LogP contribution is -2.17. The van der Waals surface area contributed by atoms with Crippen LogP contribution in [0.3, 0.4) is 0 Å². The van der Waals surface area contributed by atoms with Crippen molar-refractivity contribution in [1.29, 1.82) is 0 Å². The third-order valence-electron chi connectivity index (χ3n) is 4.14. The van der Waals surface area contributed by atoms with Gasteiger partial charge < -0.3 is 0 Å². The van der Waals surface area contributed by atoms with Gasteiger partial charge in [-0.2, -0.15) is 0 Å². The average molecular weight is 287 g/mol. The van der Waals surface area contributed by atoms with E-state index in [1.54, 1.807) is 0 Å². The summed E-state index contributed by atoms with van der Waals surface area (Å²) in [4.78, 5) is 0. The summed E-state index contributed by atoms with van der Waals surface area (Å²) in [5.74, 6) is 0. The zero-order valence-electron chi connectivity index (χ0n) is 13.2. The van der Waals surface area contributed by atoms with E-state index in [2.05, 4.69) is 87.4 Å². The summed E-state index contributed by atoms with van der Waals surface area (Å²) in [6, 6.07) is 20.1. The molecule has 0 fully saturated rings. The Morgan fingerprint density at radius 2 is 1.68 bits per heavy atom. The molecule has 1 aliphatic heterocycles. The van der Waals surface area contributed by atoms with Crippen molar-refractivity contribution in [1.82, 2.24) is 0 Å². The van der Waals surface area contributed by atoms with Crippen LogP contribution in [-0.2, 0) is 0 Å². The molecule has 1 heteroatoms. The molecule has 22 heavy (non-hydrogen) atoms. The topological polar surface area (TPSA) is 3.01 Å².